The highest BCUT2D eigenvalue weighted by molar-refractivity contribution is 9.10. The van der Waals surface area contributed by atoms with Crippen molar-refractivity contribution in [3.8, 4) is 0 Å². The Balaban J connectivity index is 2.33. The Morgan fingerprint density at radius 3 is 2.78 bits per heavy atom. The molecule has 1 aromatic carbocycles. The van der Waals surface area contributed by atoms with Gasteiger partial charge in [0.05, 0.1) is 6.04 Å². The fourth-order valence-electron chi connectivity index (χ4n) is 2.07. The third-order valence-electron chi connectivity index (χ3n) is 2.97. The first kappa shape index (κ1) is 13.8. The van der Waals surface area contributed by atoms with Crippen LogP contribution in [0, 0.1) is 6.92 Å². The van der Waals surface area contributed by atoms with E-state index in [1.165, 1.54) is 16.0 Å². The number of nitrogens with one attached hydrogen (secondary N) is 1. The number of benzene rings is 1. The van der Waals surface area contributed by atoms with E-state index in [1.807, 2.05) is 11.3 Å². The van der Waals surface area contributed by atoms with Gasteiger partial charge in [-0.1, -0.05) is 35.0 Å². The van der Waals surface area contributed by atoms with Crippen LogP contribution in [0.25, 0.3) is 0 Å². The third kappa shape index (κ3) is 3.22. The Kier molecular flexibility index (Phi) is 4.98. The molecule has 0 aliphatic heterocycles. The summed E-state index contributed by atoms with van der Waals surface area (Å²) in [5.41, 5.74) is 2.69. The standard InChI is InChI=1S/C15H18BrNS/c1-3-8-17-15(14-5-4-9-18-14)13-7-6-12(16)10-11(13)2/h4-7,9-10,15,17H,3,8H2,1-2H3. The van der Waals surface area contributed by atoms with E-state index in [-0.39, 0.29) is 0 Å². The lowest BCUT2D eigenvalue weighted by atomic mass is 10.00. The topological polar surface area (TPSA) is 12.0 Å². The molecule has 1 atom stereocenters. The van der Waals surface area contributed by atoms with Crippen molar-refractivity contribution in [2.24, 2.45) is 0 Å². The van der Waals surface area contributed by atoms with Gasteiger partial charge in [0.2, 0.25) is 0 Å². The molecule has 2 aromatic rings. The summed E-state index contributed by atoms with van der Waals surface area (Å²) < 4.78 is 1.14. The van der Waals surface area contributed by atoms with Crippen LogP contribution >= 0.6 is 27.3 Å². The number of aryl methyl sites for hydroxylation is 1. The van der Waals surface area contributed by atoms with Crippen molar-refractivity contribution in [2.75, 3.05) is 6.54 Å². The third-order valence-corrected chi connectivity index (χ3v) is 4.40. The van der Waals surface area contributed by atoms with Crippen LogP contribution in [0.5, 0.6) is 0 Å². The zero-order valence-electron chi connectivity index (χ0n) is 10.7. The van der Waals surface area contributed by atoms with Crippen molar-refractivity contribution in [3.05, 3.63) is 56.2 Å². The van der Waals surface area contributed by atoms with Crippen LogP contribution in [0.4, 0.5) is 0 Å². The fraction of sp³-hybridized carbons (Fsp3) is 0.333. The van der Waals surface area contributed by atoms with Crippen LogP contribution in [-0.2, 0) is 0 Å². The molecule has 0 spiro atoms. The van der Waals surface area contributed by atoms with Crippen LogP contribution in [0.1, 0.15) is 35.4 Å². The van der Waals surface area contributed by atoms with Gasteiger partial charge in [-0.05, 0) is 54.6 Å². The van der Waals surface area contributed by atoms with E-state index in [0.717, 1.165) is 17.4 Å². The second kappa shape index (κ2) is 6.50. The van der Waals surface area contributed by atoms with Gasteiger partial charge >= 0.3 is 0 Å². The maximum Gasteiger partial charge on any atom is 0.0673 e. The Morgan fingerprint density at radius 1 is 1.33 bits per heavy atom. The SMILES string of the molecule is CCCNC(c1cccs1)c1ccc(Br)cc1C. The number of halogens is 1. The van der Waals surface area contributed by atoms with Gasteiger partial charge in [0, 0.05) is 9.35 Å². The molecule has 2 rings (SSSR count). The average Bonchev–Trinajstić information content (AvgIpc) is 2.85. The molecule has 0 aliphatic carbocycles. The van der Waals surface area contributed by atoms with Gasteiger partial charge in [-0.3, -0.25) is 0 Å². The van der Waals surface area contributed by atoms with Gasteiger partial charge in [-0.25, -0.2) is 0 Å². The van der Waals surface area contributed by atoms with Crippen molar-refractivity contribution in [1.29, 1.82) is 0 Å². The minimum Gasteiger partial charge on any atom is -0.306 e. The van der Waals surface area contributed by atoms with Crippen molar-refractivity contribution >= 4 is 27.3 Å². The highest BCUT2D eigenvalue weighted by atomic mass is 79.9. The van der Waals surface area contributed by atoms with Gasteiger partial charge in [-0.2, -0.15) is 0 Å². The van der Waals surface area contributed by atoms with Crippen LogP contribution in [-0.4, -0.2) is 6.54 Å². The first-order valence-corrected chi connectivity index (χ1v) is 7.92. The molecule has 1 nitrogen and oxygen atoms in total. The summed E-state index contributed by atoms with van der Waals surface area (Å²) in [7, 11) is 0. The van der Waals surface area contributed by atoms with Crippen molar-refractivity contribution in [1.82, 2.24) is 5.32 Å². The average molecular weight is 324 g/mol. The molecule has 18 heavy (non-hydrogen) atoms. The monoisotopic (exact) mass is 323 g/mol. The first-order chi connectivity index (χ1) is 8.72. The summed E-state index contributed by atoms with van der Waals surface area (Å²) >= 11 is 5.34. The summed E-state index contributed by atoms with van der Waals surface area (Å²) in [6, 6.07) is 11.2. The zero-order valence-corrected chi connectivity index (χ0v) is 13.1. The van der Waals surface area contributed by atoms with Crippen LogP contribution in [0.3, 0.4) is 0 Å². The summed E-state index contributed by atoms with van der Waals surface area (Å²) in [5, 5.41) is 5.79. The summed E-state index contributed by atoms with van der Waals surface area (Å²) in [5.74, 6) is 0. The molecule has 96 valence electrons. The Hall–Kier alpha value is -0.640. The predicted molar refractivity (Wildman–Crippen MR) is 83.3 cm³/mol. The molecule has 3 heteroatoms. The molecule has 0 radical (unpaired) electrons. The molecule has 0 saturated carbocycles. The molecule has 0 bridgehead atoms. The molecular formula is C15H18BrNS. The number of thiophene rings is 1. The van der Waals surface area contributed by atoms with Gasteiger partial charge < -0.3 is 5.32 Å². The summed E-state index contributed by atoms with van der Waals surface area (Å²) in [4.78, 5) is 1.38. The second-order valence-corrected chi connectivity index (χ2v) is 6.30. The van der Waals surface area contributed by atoms with Gasteiger partial charge in [0.15, 0.2) is 0 Å². The smallest absolute Gasteiger partial charge is 0.0673 e. The molecule has 1 unspecified atom stereocenters. The number of hydrogen-bond acceptors (Lipinski definition) is 2. The molecule has 1 heterocycles. The van der Waals surface area contributed by atoms with Crippen LogP contribution in [0.2, 0.25) is 0 Å². The lowest BCUT2D eigenvalue weighted by Crippen LogP contribution is -2.23. The highest BCUT2D eigenvalue weighted by Gasteiger charge is 2.16. The van der Waals surface area contributed by atoms with Gasteiger partial charge in [0.25, 0.3) is 0 Å². The molecule has 0 aliphatic rings. The van der Waals surface area contributed by atoms with E-state index in [2.05, 4.69) is 70.8 Å². The van der Waals surface area contributed by atoms with Crippen LogP contribution in [0.15, 0.2) is 40.2 Å². The van der Waals surface area contributed by atoms with E-state index in [9.17, 15) is 0 Å². The Bertz CT molecular complexity index is 493. The minimum atomic E-state index is 0.318. The van der Waals surface area contributed by atoms with Crippen molar-refractivity contribution < 1.29 is 0 Å². The lowest BCUT2D eigenvalue weighted by molar-refractivity contribution is 0.603. The minimum absolute atomic E-state index is 0.318. The predicted octanol–water partition coefficient (Wildman–Crippen LogP) is 4.91. The zero-order chi connectivity index (χ0) is 13.0. The van der Waals surface area contributed by atoms with Gasteiger partial charge in [0.1, 0.15) is 0 Å². The highest BCUT2D eigenvalue weighted by Crippen LogP contribution is 2.29. The molecule has 1 aromatic heterocycles. The van der Waals surface area contributed by atoms with E-state index in [4.69, 9.17) is 0 Å². The number of hydrogen-bond donors (Lipinski definition) is 1. The van der Waals surface area contributed by atoms with Crippen molar-refractivity contribution in [3.63, 3.8) is 0 Å². The number of rotatable bonds is 5. The van der Waals surface area contributed by atoms with Crippen LogP contribution < -0.4 is 5.32 Å². The summed E-state index contributed by atoms with van der Waals surface area (Å²) in [6.07, 6.45) is 1.15. The molecule has 1 N–H and O–H groups in total. The fourth-order valence-corrected chi connectivity index (χ4v) is 3.36. The maximum absolute atomic E-state index is 3.64. The quantitative estimate of drug-likeness (QED) is 0.824. The molecule has 0 saturated heterocycles. The molecule has 0 fully saturated rings. The van der Waals surface area contributed by atoms with E-state index in [1.54, 1.807) is 0 Å². The Morgan fingerprint density at radius 2 is 2.17 bits per heavy atom. The first-order valence-electron chi connectivity index (χ1n) is 6.25. The Labute approximate surface area is 121 Å². The van der Waals surface area contributed by atoms with Crippen molar-refractivity contribution in [2.45, 2.75) is 26.3 Å². The maximum atomic E-state index is 3.64. The van der Waals surface area contributed by atoms with Gasteiger partial charge in [-0.15, -0.1) is 11.3 Å². The largest absolute Gasteiger partial charge is 0.306 e. The van der Waals surface area contributed by atoms with E-state index >= 15 is 0 Å². The lowest BCUT2D eigenvalue weighted by Gasteiger charge is -2.20. The normalized spacial score (nSPS) is 12.6. The second-order valence-electron chi connectivity index (χ2n) is 4.40. The van der Waals surface area contributed by atoms with E-state index < -0.39 is 0 Å². The molecule has 0 amide bonds. The van der Waals surface area contributed by atoms with E-state index in [0.29, 0.717) is 6.04 Å². The molecular weight excluding hydrogens is 306 g/mol. The summed E-state index contributed by atoms with van der Waals surface area (Å²) in [6.45, 7) is 5.42.